The van der Waals surface area contributed by atoms with E-state index in [1.807, 2.05) is 4.72 Å². The molecule has 3 fully saturated rings. The zero-order valence-electron chi connectivity index (χ0n) is 24.7. The Kier molecular flexibility index (Phi) is 7.32. The van der Waals surface area contributed by atoms with Crippen molar-refractivity contribution in [2.45, 2.75) is 56.1 Å². The predicted octanol–water partition coefficient (Wildman–Crippen LogP) is 5.46. The molecule has 10 nitrogen and oxygen atoms in total. The molecule has 16 heteroatoms. The zero-order chi connectivity index (χ0) is 32.6. The van der Waals surface area contributed by atoms with E-state index in [0.717, 1.165) is 30.7 Å². The molecule has 242 valence electrons. The average Bonchev–Trinajstić information content (AvgIpc) is 3.35. The van der Waals surface area contributed by atoms with Gasteiger partial charge >= 0.3 is 0 Å². The molecule has 1 spiro atoms. The quantitative estimate of drug-likeness (QED) is 0.247. The molecule has 0 amide bonds. The summed E-state index contributed by atoms with van der Waals surface area (Å²) in [6.45, 7) is 4.12. The van der Waals surface area contributed by atoms with Crippen LogP contribution in [0.25, 0.3) is 21.8 Å². The molecule has 2 saturated heterocycles. The van der Waals surface area contributed by atoms with Crippen LogP contribution < -0.4 is 14.9 Å². The molecule has 2 aromatic carbocycles. The summed E-state index contributed by atoms with van der Waals surface area (Å²) in [5.74, 6) is -2.86. The molecule has 2 aromatic heterocycles. The van der Waals surface area contributed by atoms with Crippen molar-refractivity contribution >= 4 is 48.0 Å². The lowest BCUT2D eigenvalue weighted by atomic mass is 9.67. The molecule has 3 aliphatic rings. The highest BCUT2D eigenvalue weighted by atomic mass is 32.2. The summed E-state index contributed by atoms with van der Waals surface area (Å²) in [5.41, 5.74) is -0.0355. The van der Waals surface area contributed by atoms with E-state index in [1.165, 1.54) is 23.5 Å². The minimum atomic E-state index is -4.83. The number of hydrogen-bond acceptors (Lipinski definition) is 10. The molecular weight excluding hydrogens is 662 g/mol. The number of sulfonamides is 1. The van der Waals surface area contributed by atoms with E-state index < -0.39 is 47.9 Å². The Morgan fingerprint density at radius 2 is 1.65 bits per heavy atom. The molecule has 2 N–H and O–H groups in total. The molecule has 46 heavy (non-hydrogen) atoms. The van der Waals surface area contributed by atoms with Crippen LogP contribution in [0.2, 0.25) is 0 Å². The molecule has 2 unspecified atom stereocenters. The molecule has 4 heterocycles. The number of thiazole rings is 1. The van der Waals surface area contributed by atoms with E-state index in [4.69, 9.17) is 9.97 Å². The van der Waals surface area contributed by atoms with Gasteiger partial charge in [0.05, 0.1) is 33.5 Å². The van der Waals surface area contributed by atoms with E-state index >= 15 is 4.39 Å². The molecule has 0 bridgehead atoms. The molecule has 4 aromatic rings. The minimum Gasteiger partial charge on any atom is -0.351 e. The Balaban J connectivity index is 1.23. The second-order valence-electron chi connectivity index (χ2n) is 12.4. The monoisotopic (exact) mass is 690 g/mol. The van der Waals surface area contributed by atoms with E-state index in [0.29, 0.717) is 34.5 Å². The summed E-state index contributed by atoms with van der Waals surface area (Å²) in [4.78, 5) is 15.2. The number of nitrogens with zero attached hydrogens (tertiary/aromatic N) is 4. The highest BCUT2D eigenvalue weighted by Crippen LogP contribution is 2.51. The Morgan fingerprint density at radius 1 is 0.978 bits per heavy atom. The van der Waals surface area contributed by atoms with Gasteiger partial charge in [0.25, 0.3) is 10.0 Å². The number of aromatic nitrogens is 3. The van der Waals surface area contributed by atoms with Gasteiger partial charge in [-0.05, 0) is 63.4 Å². The number of hydrogen-bond donors (Lipinski definition) is 2. The highest BCUT2D eigenvalue weighted by Gasteiger charge is 2.56. The van der Waals surface area contributed by atoms with Gasteiger partial charge in [0, 0.05) is 35.3 Å². The van der Waals surface area contributed by atoms with Crippen molar-refractivity contribution < 1.29 is 30.0 Å². The van der Waals surface area contributed by atoms with Crippen molar-refractivity contribution in [2.24, 2.45) is 5.41 Å². The maximum Gasteiger partial charge on any atom is 0.267 e. The Morgan fingerprint density at radius 3 is 2.30 bits per heavy atom. The summed E-state index contributed by atoms with van der Waals surface area (Å²) in [6.07, 6.45) is 3.92. The van der Waals surface area contributed by atoms with Crippen molar-refractivity contribution in [1.82, 2.24) is 15.0 Å². The SMILES string of the molecule is CC1CC(C)N1c1nc(-c2cccc(NS(=O)(=O)c3c(F)cccc3F)c2F)c(-c2ccnc(NC3CC4(C3)CS(=O)(=O)C4)n2)s1. The van der Waals surface area contributed by atoms with Crippen LogP contribution >= 0.6 is 11.3 Å². The van der Waals surface area contributed by atoms with Gasteiger partial charge in [-0.25, -0.2) is 45.0 Å². The lowest BCUT2D eigenvalue weighted by Gasteiger charge is -2.53. The first-order valence-corrected chi connectivity index (χ1v) is 18.7. The van der Waals surface area contributed by atoms with Gasteiger partial charge in [-0.15, -0.1) is 0 Å². The van der Waals surface area contributed by atoms with Gasteiger partial charge in [-0.2, -0.15) is 0 Å². The number of benzene rings is 2. The van der Waals surface area contributed by atoms with E-state index in [9.17, 15) is 25.6 Å². The van der Waals surface area contributed by atoms with E-state index in [2.05, 4.69) is 29.0 Å². The van der Waals surface area contributed by atoms with Gasteiger partial charge in [0.1, 0.15) is 11.6 Å². The second kappa shape index (κ2) is 10.9. The lowest BCUT2D eigenvalue weighted by Crippen LogP contribution is -2.60. The molecule has 7 rings (SSSR count). The largest absolute Gasteiger partial charge is 0.351 e. The van der Waals surface area contributed by atoms with E-state index in [-0.39, 0.29) is 46.3 Å². The van der Waals surface area contributed by atoms with E-state index in [1.54, 1.807) is 12.3 Å². The maximum atomic E-state index is 16.2. The zero-order valence-corrected chi connectivity index (χ0v) is 27.1. The van der Waals surface area contributed by atoms with Crippen LogP contribution in [-0.4, -0.2) is 61.4 Å². The Hall–Kier alpha value is -3.76. The number of anilines is 3. The smallest absolute Gasteiger partial charge is 0.267 e. The van der Waals surface area contributed by atoms with Gasteiger partial charge in [0.2, 0.25) is 5.95 Å². The highest BCUT2D eigenvalue weighted by molar-refractivity contribution is 7.93. The summed E-state index contributed by atoms with van der Waals surface area (Å²) in [5, 5.41) is 3.91. The van der Waals surface area contributed by atoms with Crippen LogP contribution in [0.1, 0.15) is 33.1 Å². The maximum absolute atomic E-state index is 16.2. The predicted molar refractivity (Wildman–Crippen MR) is 169 cm³/mol. The third kappa shape index (κ3) is 5.39. The summed E-state index contributed by atoms with van der Waals surface area (Å²) in [6, 6.07) is 8.75. The van der Waals surface area contributed by atoms with Crippen molar-refractivity contribution in [1.29, 1.82) is 0 Å². The van der Waals surface area contributed by atoms with Crippen molar-refractivity contribution in [3.05, 3.63) is 66.1 Å². The fraction of sp³-hybridized carbons (Fsp3) is 0.367. The molecular formula is C30H29F3N6O4S3. The van der Waals surface area contributed by atoms with Crippen LogP contribution in [0.15, 0.2) is 53.6 Å². The van der Waals surface area contributed by atoms with Crippen LogP contribution in [0.4, 0.5) is 29.9 Å². The molecule has 1 aliphatic carbocycles. The molecule has 2 atom stereocenters. The first-order valence-electron chi connectivity index (χ1n) is 14.6. The number of sulfone groups is 1. The van der Waals surface area contributed by atoms with Crippen molar-refractivity contribution in [2.75, 3.05) is 26.4 Å². The van der Waals surface area contributed by atoms with Crippen molar-refractivity contribution in [3.8, 4) is 21.8 Å². The van der Waals surface area contributed by atoms with Crippen LogP contribution in [0.5, 0.6) is 0 Å². The third-order valence-electron chi connectivity index (χ3n) is 8.79. The normalized spacial score (nSPS) is 21.7. The summed E-state index contributed by atoms with van der Waals surface area (Å²) >= 11 is 1.31. The molecule has 0 radical (unpaired) electrons. The second-order valence-corrected chi connectivity index (χ2v) is 17.0. The lowest BCUT2D eigenvalue weighted by molar-refractivity contribution is 0.153. The van der Waals surface area contributed by atoms with Gasteiger partial charge in [0.15, 0.2) is 25.7 Å². The standard InChI is InChI=1S/C30H29F3N6O4S3/c1-16-11-17(2)39(16)29-37-25(19-5-3-8-22(24(19)33)38-46(42,43)27-20(31)6-4-7-21(27)32)26(44-29)23-9-10-34-28(36-23)35-18-12-30(13-18)14-45(40,41)15-30/h3-10,16-18,38H,11-15H2,1-2H3,(H,34,35,36). The van der Waals surface area contributed by atoms with Crippen LogP contribution in [0.3, 0.4) is 0 Å². The summed E-state index contributed by atoms with van der Waals surface area (Å²) < 4.78 is 96.1. The van der Waals surface area contributed by atoms with Gasteiger partial charge in [-0.3, -0.25) is 4.72 Å². The first kappa shape index (κ1) is 30.9. The van der Waals surface area contributed by atoms with Crippen LogP contribution in [0, 0.1) is 22.9 Å². The average molecular weight is 691 g/mol. The number of rotatable bonds is 8. The van der Waals surface area contributed by atoms with Crippen LogP contribution in [-0.2, 0) is 19.9 Å². The fourth-order valence-electron chi connectivity index (χ4n) is 6.85. The molecule has 1 saturated carbocycles. The van der Waals surface area contributed by atoms with Gasteiger partial charge in [-0.1, -0.05) is 23.5 Å². The topological polar surface area (TPSA) is 134 Å². The Bertz CT molecular complexity index is 2040. The first-order chi connectivity index (χ1) is 21.7. The third-order valence-corrected chi connectivity index (χ3v) is 13.4. The minimum absolute atomic E-state index is 0.0199. The number of nitrogens with one attached hydrogen (secondary N) is 2. The summed E-state index contributed by atoms with van der Waals surface area (Å²) in [7, 11) is -7.77. The fourth-order valence-corrected chi connectivity index (χ4v) is 11.6. The Labute approximate surface area is 268 Å². The number of halogens is 3. The van der Waals surface area contributed by atoms with Gasteiger partial charge < -0.3 is 10.2 Å². The molecule has 2 aliphatic heterocycles. The van der Waals surface area contributed by atoms with Crippen molar-refractivity contribution in [3.63, 3.8) is 0 Å².